The van der Waals surface area contributed by atoms with Crippen molar-refractivity contribution in [2.24, 2.45) is 0 Å². The van der Waals surface area contributed by atoms with E-state index in [1.165, 1.54) is 36.0 Å². The molecule has 5 rings (SSSR count). The fourth-order valence-electron chi connectivity index (χ4n) is 5.53. The lowest BCUT2D eigenvalue weighted by molar-refractivity contribution is -0.122. The lowest BCUT2D eigenvalue weighted by Crippen LogP contribution is -2.41. The Hall–Kier alpha value is -2.07. The molecule has 2 aliphatic carbocycles. The molecule has 1 spiro atoms. The summed E-state index contributed by atoms with van der Waals surface area (Å²) in [6.07, 6.45) is 11.3. The molecular formula is C24H30N2O2. The molecule has 1 saturated heterocycles. The van der Waals surface area contributed by atoms with Crippen molar-refractivity contribution in [2.75, 3.05) is 13.1 Å². The number of nitrogens with one attached hydrogen (secondary N) is 1. The normalized spacial score (nSPS) is 24.1. The second-order valence-electron chi connectivity index (χ2n) is 9.08. The Balaban J connectivity index is 1.27. The summed E-state index contributed by atoms with van der Waals surface area (Å²) in [5, 5.41) is 3.24. The fraction of sp³-hybridized carbons (Fsp3) is 0.542. The highest BCUT2D eigenvalue weighted by molar-refractivity contribution is 5.77. The third-order valence-corrected chi connectivity index (χ3v) is 7.31. The SMILES string of the molecule is O=C(C[C@H]1CC2(CCN(Cc3ccoc3)CC2)c2ccccc21)NC1CCC1. The Kier molecular flexibility index (Phi) is 4.75. The molecule has 0 radical (unpaired) electrons. The molecule has 1 aromatic heterocycles. The molecule has 0 bridgehead atoms. The third kappa shape index (κ3) is 3.39. The van der Waals surface area contributed by atoms with Gasteiger partial charge in [-0.3, -0.25) is 9.69 Å². The van der Waals surface area contributed by atoms with Crippen molar-refractivity contribution in [3.8, 4) is 0 Å². The van der Waals surface area contributed by atoms with Crippen LogP contribution in [0.3, 0.4) is 0 Å². The van der Waals surface area contributed by atoms with E-state index in [9.17, 15) is 4.79 Å². The molecule has 1 aliphatic heterocycles. The van der Waals surface area contributed by atoms with Crippen LogP contribution in [0.4, 0.5) is 0 Å². The molecule has 1 aromatic carbocycles. The Morgan fingerprint density at radius 1 is 1.18 bits per heavy atom. The van der Waals surface area contributed by atoms with Crippen molar-refractivity contribution in [3.05, 3.63) is 59.5 Å². The van der Waals surface area contributed by atoms with Crippen molar-refractivity contribution >= 4 is 5.91 Å². The van der Waals surface area contributed by atoms with Crippen LogP contribution in [0.1, 0.15) is 67.6 Å². The molecule has 28 heavy (non-hydrogen) atoms. The van der Waals surface area contributed by atoms with Gasteiger partial charge in [-0.25, -0.2) is 0 Å². The van der Waals surface area contributed by atoms with Crippen molar-refractivity contribution < 1.29 is 9.21 Å². The number of fused-ring (bicyclic) bond motifs is 2. The molecular weight excluding hydrogens is 348 g/mol. The van der Waals surface area contributed by atoms with Crippen LogP contribution in [0, 0.1) is 0 Å². The van der Waals surface area contributed by atoms with E-state index < -0.39 is 0 Å². The number of benzene rings is 1. The number of furan rings is 1. The second-order valence-corrected chi connectivity index (χ2v) is 9.08. The maximum absolute atomic E-state index is 12.6. The van der Waals surface area contributed by atoms with Gasteiger partial charge in [-0.15, -0.1) is 0 Å². The highest BCUT2D eigenvalue weighted by Crippen LogP contribution is 2.52. The van der Waals surface area contributed by atoms with Gasteiger partial charge in [0.05, 0.1) is 12.5 Å². The van der Waals surface area contributed by atoms with Gasteiger partial charge in [-0.05, 0) is 80.1 Å². The van der Waals surface area contributed by atoms with Gasteiger partial charge in [0.2, 0.25) is 5.91 Å². The molecule has 148 valence electrons. The standard InChI is InChI=1S/C24H30N2O2/c27-23(25-20-4-3-5-20)14-19-15-24(22-7-2-1-6-21(19)22)9-11-26(12-10-24)16-18-8-13-28-17-18/h1-2,6-8,13,17,19-20H,3-5,9-12,14-16H2,(H,25,27)/t19-/m0/s1. The number of rotatable bonds is 5. The first-order valence-corrected chi connectivity index (χ1v) is 10.8. The highest BCUT2D eigenvalue weighted by atomic mass is 16.3. The number of likely N-dealkylation sites (tertiary alicyclic amines) is 1. The van der Waals surface area contributed by atoms with Crippen molar-refractivity contribution in [3.63, 3.8) is 0 Å². The molecule has 2 heterocycles. The van der Waals surface area contributed by atoms with E-state index in [0.717, 1.165) is 38.9 Å². The lowest BCUT2D eigenvalue weighted by atomic mass is 9.73. The molecule has 4 heteroatoms. The Morgan fingerprint density at radius 2 is 2.00 bits per heavy atom. The zero-order chi connectivity index (χ0) is 19.0. The Bertz CT molecular complexity index is 817. The van der Waals surface area contributed by atoms with Crippen LogP contribution in [0.15, 0.2) is 47.3 Å². The molecule has 4 nitrogen and oxygen atoms in total. The van der Waals surface area contributed by atoms with Gasteiger partial charge in [-0.2, -0.15) is 0 Å². The maximum atomic E-state index is 12.6. The summed E-state index contributed by atoms with van der Waals surface area (Å²) in [7, 11) is 0. The number of amides is 1. The van der Waals surface area contributed by atoms with E-state index >= 15 is 0 Å². The highest BCUT2D eigenvalue weighted by Gasteiger charge is 2.45. The monoisotopic (exact) mass is 378 g/mol. The van der Waals surface area contributed by atoms with Crippen LogP contribution in [-0.4, -0.2) is 29.9 Å². The lowest BCUT2D eigenvalue weighted by Gasteiger charge is -2.40. The van der Waals surface area contributed by atoms with E-state index in [-0.39, 0.29) is 11.3 Å². The van der Waals surface area contributed by atoms with Crippen LogP contribution < -0.4 is 5.32 Å². The number of carbonyl (C=O) groups is 1. The van der Waals surface area contributed by atoms with Crippen LogP contribution >= 0.6 is 0 Å². The molecule has 1 amide bonds. The van der Waals surface area contributed by atoms with E-state index in [2.05, 4.69) is 40.5 Å². The summed E-state index contributed by atoms with van der Waals surface area (Å²) in [6, 6.07) is 11.4. The summed E-state index contributed by atoms with van der Waals surface area (Å²) < 4.78 is 5.22. The smallest absolute Gasteiger partial charge is 0.220 e. The van der Waals surface area contributed by atoms with Crippen LogP contribution in [-0.2, 0) is 16.8 Å². The number of nitrogens with zero attached hydrogens (tertiary/aromatic N) is 1. The van der Waals surface area contributed by atoms with Gasteiger partial charge in [0, 0.05) is 24.6 Å². The van der Waals surface area contributed by atoms with E-state index in [0.29, 0.717) is 18.4 Å². The van der Waals surface area contributed by atoms with Gasteiger partial charge in [0.15, 0.2) is 0 Å². The largest absolute Gasteiger partial charge is 0.472 e. The second kappa shape index (κ2) is 7.40. The predicted octanol–water partition coefficient (Wildman–Crippen LogP) is 4.36. The van der Waals surface area contributed by atoms with Gasteiger partial charge in [0.1, 0.15) is 0 Å². The summed E-state index contributed by atoms with van der Waals surface area (Å²) in [4.78, 5) is 15.1. The van der Waals surface area contributed by atoms with Crippen LogP contribution in [0.5, 0.6) is 0 Å². The quantitative estimate of drug-likeness (QED) is 0.841. The van der Waals surface area contributed by atoms with Gasteiger partial charge in [-0.1, -0.05) is 24.3 Å². The minimum absolute atomic E-state index is 0.249. The van der Waals surface area contributed by atoms with E-state index in [4.69, 9.17) is 4.42 Å². The molecule has 1 N–H and O–H groups in total. The fourth-order valence-corrected chi connectivity index (χ4v) is 5.53. The topological polar surface area (TPSA) is 45.5 Å². The number of hydrogen-bond donors (Lipinski definition) is 1. The van der Waals surface area contributed by atoms with Crippen LogP contribution in [0.25, 0.3) is 0 Å². The minimum atomic E-state index is 0.249. The summed E-state index contributed by atoms with van der Waals surface area (Å²) in [5.41, 5.74) is 4.45. The Labute approximate surface area is 167 Å². The van der Waals surface area contributed by atoms with Crippen molar-refractivity contribution in [1.82, 2.24) is 10.2 Å². The predicted molar refractivity (Wildman–Crippen MR) is 109 cm³/mol. The molecule has 1 atom stereocenters. The summed E-state index contributed by atoms with van der Waals surface area (Å²) in [6.45, 7) is 3.20. The molecule has 1 saturated carbocycles. The first-order chi connectivity index (χ1) is 13.7. The molecule has 2 fully saturated rings. The number of piperidine rings is 1. The average Bonchev–Trinajstić information content (AvgIpc) is 3.28. The number of hydrogen-bond acceptors (Lipinski definition) is 3. The molecule has 0 unspecified atom stereocenters. The van der Waals surface area contributed by atoms with Gasteiger partial charge >= 0.3 is 0 Å². The minimum Gasteiger partial charge on any atom is -0.472 e. The number of carbonyl (C=O) groups excluding carboxylic acids is 1. The molecule has 3 aliphatic rings. The van der Waals surface area contributed by atoms with Gasteiger partial charge in [0.25, 0.3) is 0 Å². The van der Waals surface area contributed by atoms with Crippen molar-refractivity contribution in [1.29, 1.82) is 0 Å². The summed E-state index contributed by atoms with van der Waals surface area (Å²) >= 11 is 0. The van der Waals surface area contributed by atoms with Crippen LogP contribution in [0.2, 0.25) is 0 Å². The van der Waals surface area contributed by atoms with E-state index in [1.54, 1.807) is 6.26 Å². The first kappa shape index (κ1) is 18.0. The summed E-state index contributed by atoms with van der Waals surface area (Å²) in [5.74, 6) is 0.621. The Morgan fingerprint density at radius 3 is 2.71 bits per heavy atom. The zero-order valence-electron chi connectivity index (χ0n) is 16.5. The van der Waals surface area contributed by atoms with Crippen molar-refractivity contribution in [2.45, 2.75) is 68.9 Å². The maximum Gasteiger partial charge on any atom is 0.220 e. The third-order valence-electron chi connectivity index (χ3n) is 7.31. The van der Waals surface area contributed by atoms with E-state index in [1.807, 2.05) is 6.26 Å². The average molecular weight is 379 g/mol. The first-order valence-electron chi connectivity index (χ1n) is 10.8. The van der Waals surface area contributed by atoms with Gasteiger partial charge < -0.3 is 9.73 Å². The zero-order valence-corrected chi connectivity index (χ0v) is 16.5. The molecule has 2 aromatic rings.